The predicted octanol–water partition coefficient (Wildman–Crippen LogP) is 5.04. The molecule has 0 bridgehead atoms. The summed E-state index contributed by atoms with van der Waals surface area (Å²) in [6.07, 6.45) is -4.51. The lowest BCUT2D eigenvalue weighted by Gasteiger charge is -2.11. The Balaban J connectivity index is 1.95. The van der Waals surface area contributed by atoms with Gasteiger partial charge >= 0.3 is 12.1 Å². The van der Waals surface area contributed by atoms with E-state index in [0.29, 0.717) is 0 Å². The molecule has 3 rings (SSSR count). The Morgan fingerprint density at radius 2 is 1.74 bits per heavy atom. The maximum absolute atomic E-state index is 12.9. The highest BCUT2D eigenvalue weighted by Crippen LogP contribution is 2.32. The Kier molecular flexibility index (Phi) is 5.12. The summed E-state index contributed by atoms with van der Waals surface area (Å²) < 4.78 is 44.4. The molecule has 0 aliphatic carbocycles. The van der Waals surface area contributed by atoms with Gasteiger partial charge in [-0.25, -0.2) is 9.78 Å². The second-order valence-corrected chi connectivity index (χ2v) is 5.74. The number of ether oxygens (including phenoxy) is 1. The first kappa shape index (κ1) is 18.4. The van der Waals surface area contributed by atoms with Gasteiger partial charge in [0.05, 0.1) is 16.8 Å². The van der Waals surface area contributed by atoms with Gasteiger partial charge in [-0.1, -0.05) is 42.5 Å². The molecular weight excluding hydrogens is 359 g/mol. The number of rotatable bonds is 5. The lowest BCUT2D eigenvalue weighted by Crippen LogP contribution is -2.05. The van der Waals surface area contributed by atoms with Gasteiger partial charge in [-0.3, -0.25) is 0 Å². The van der Waals surface area contributed by atoms with E-state index in [1.807, 2.05) is 30.3 Å². The monoisotopic (exact) mass is 373 g/mol. The summed E-state index contributed by atoms with van der Waals surface area (Å²) in [7, 11) is 0. The molecule has 138 valence electrons. The van der Waals surface area contributed by atoms with Crippen molar-refractivity contribution in [2.24, 2.45) is 0 Å². The number of hydrogen-bond donors (Lipinski definition) is 1. The summed E-state index contributed by atoms with van der Waals surface area (Å²) in [5, 5.41) is 9.29. The van der Waals surface area contributed by atoms with Crippen LogP contribution in [-0.2, 0) is 12.8 Å². The number of carboxylic acid groups (broad SMARTS) is 1. The molecule has 0 spiro atoms. The highest BCUT2D eigenvalue weighted by molar-refractivity contribution is 5.89. The van der Waals surface area contributed by atoms with Crippen LogP contribution in [0.5, 0.6) is 5.88 Å². The van der Waals surface area contributed by atoms with Crippen molar-refractivity contribution in [1.29, 1.82) is 0 Å². The van der Waals surface area contributed by atoms with E-state index in [1.165, 1.54) is 24.3 Å². The largest absolute Gasteiger partial charge is 0.478 e. The zero-order valence-electron chi connectivity index (χ0n) is 13.9. The third-order valence-corrected chi connectivity index (χ3v) is 3.76. The maximum atomic E-state index is 12.9. The van der Waals surface area contributed by atoms with E-state index in [4.69, 9.17) is 4.74 Å². The van der Waals surface area contributed by atoms with Gasteiger partial charge in [0.25, 0.3) is 0 Å². The van der Waals surface area contributed by atoms with Gasteiger partial charge in [-0.15, -0.1) is 0 Å². The van der Waals surface area contributed by atoms with E-state index < -0.39 is 17.7 Å². The standard InChI is InChI=1S/C20H14F3NO3/c21-20(22,23)16-8-4-7-14(9-16)17-10-15(19(25)26)11-18(24-17)27-12-13-5-2-1-3-6-13/h1-11H,12H2,(H,25,26). The Hall–Kier alpha value is -3.35. The normalized spacial score (nSPS) is 11.2. The summed E-state index contributed by atoms with van der Waals surface area (Å²) in [6.45, 7) is 0.152. The number of pyridine rings is 1. The minimum Gasteiger partial charge on any atom is -0.478 e. The highest BCUT2D eigenvalue weighted by atomic mass is 19.4. The molecule has 0 radical (unpaired) electrons. The van der Waals surface area contributed by atoms with Crippen LogP contribution in [0.1, 0.15) is 21.5 Å². The average molecular weight is 373 g/mol. The van der Waals surface area contributed by atoms with Gasteiger partial charge < -0.3 is 9.84 Å². The number of aromatic carboxylic acids is 1. The second kappa shape index (κ2) is 7.49. The quantitative estimate of drug-likeness (QED) is 0.680. The number of halogens is 3. The Bertz CT molecular complexity index is 956. The Morgan fingerprint density at radius 1 is 1.00 bits per heavy atom. The van der Waals surface area contributed by atoms with Crippen molar-refractivity contribution in [2.75, 3.05) is 0 Å². The van der Waals surface area contributed by atoms with Crippen molar-refractivity contribution in [2.45, 2.75) is 12.8 Å². The number of carbonyl (C=O) groups is 1. The van der Waals surface area contributed by atoms with Crippen LogP contribution in [0.25, 0.3) is 11.3 Å². The van der Waals surface area contributed by atoms with E-state index in [0.717, 1.165) is 17.7 Å². The molecule has 1 aromatic heterocycles. The lowest BCUT2D eigenvalue weighted by atomic mass is 10.1. The summed E-state index contributed by atoms with van der Waals surface area (Å²) in [5.74, 6) is -1.21. The Morgan fingerprint density at radius 3 is 2.41 bits per heavy atom. The third-order valence-electron chi connectivity index (χ3n) is 3.76. The minimum absolute atomic E-state index is 0.0196. The number of alkyl halides is 3. The molecule has 0 amide bonds. The topological polar surface area (TPSA) is 59.4 Å². The molecule has 27 heavy (non-hydrogen) atoms. The van der Waals surface area contributed by atoms with Crippen molar-refractivity contribution >= 4 is 5.97 Å². The van der Waals surface area contributed by atoms with Crippen LogP contribution < -0.4 is 4.74 Å². The first-order valence-electron chi connectivity index (χ1n) is 7.92. The second-order valence-electron chi connectivity index (χ2n) is 5.74. The SMILES string of the molecule is O=C(O)c1cc(OCc2ccccc2)nc(-c2cccc(C(F)(F)F)c2)c1. The molecule has 0 saturated heterocycles. The van der Waals surface area contributed by atoms with Crippen molar-refractivity contribution in [3.05, 3.63) is 83.4 Å². The lowest BCUT2D eigenvalue weighted by molar-refractivity contribution is -0.137. The summed E-state index contributed by atoms with van der Waals surface area (Å²) >= 11 is 0. The maximum Gasteiger partial charge on any atom is 0.416 e. The molecule has 3 aromatic rings. The van der Waals surface area contributed by atoms with E-state index >= 15 is 0 Å². The van der Waals surface area contributed by atoms with Crippen LogP contribution in [0, 0.1) is 0 Å². The molecule has 1 N–H and O–H groups in total. The molecule has 0 fully saturated rings. The fourth-order valence-electron chi connectivity index (χ4n) is 2.44. The average Bonchev–Trinajstić information content (AvgIpc) is 2.66. The van der Waals surface area contributed by atoms with Crippen molar-refractivity contribution in [1.82, 2.24) is 4.98 Å². The van der Waals surface area contributed by atoms with Gasteiger partial charge in [0.2, 0.25) is 5.88 Å². The number of aromatic nitrogens is 1. The molecule has 0 aliphatic rings. The predicted molar refractivity (Wildman–Crippen MR) is 92.4 cm³/mol. The molecule has 0 aliphatic heterocycles. The Labute approximate surface area is 152 Å². The summed E-state index contributed by atoms with van der Waals surface area (Å²) in [4.78, 5) is 15.5. The molecule has 0 saturated carbocycles. The van der Waals surface area contributed by atoms with E-state index in [9.17, 15) is 23.1 Å². The van der Waals surface area contributed by atoms with Gasteiger partial charge in [-0.2, -0.15) is 13.2 Å². The highest BCUT2D eigenvalue weighted by Gasteiger charge is 2.30. The van der Waals surface area contributed by atoms with Gasteiger partial charge in [0, 0.05) is 11.6 Å². The van der Waals surface area contributed by atoms with Crippen molar-refractivity contribution in [3.8, 4) is 17.1 Å². The molecule has 7 heteroatoms. The van der Waals surface area contributed by atoms with Crippen LogP contribution in [0.15, 0.2) is 66.7 Å². The van der Waals surface area contributed by atoms with Gasteiger partial charge in [-0.05, 0) is 23.8 Å². The van der Waals surface area contributed by atoms with E-state index in [-0.39, 0.29) is 29.3 Å². The molecular formula is C20H14F3NO3. The summed E-state index contributed by atoms with van der Waals surface area (Å²) in [6, 6.07) is 16.2. The fourth-order valence-corrected chi connectivity index (χ4v) is 2.44. The van der Waals surface area contributed by atoms with Crippen LogP contribution in [0.4, 0.5) is 13.2 Å². The smallest absolute Gasteiger partial charge is 0.416 e. The molecule has 2 aromatic carbocycles. The molecule has 4 nitrogen and oxygen atoms in total. The van der Waals surface area contributed by atoms with Crippen LogP contribution in [0.2, 0.25) is 0 Å². The van der Waals surface area contributed by atoms with Gasteiger partial charge in [0.1, 0.15) is 6.61 Å². The van der Waals surface area contributed by atoms with Crippen LogP contribution in [0.3, 0.4) is 0 Å². The van der Waals surface area contributed by atoms with Crippen LogP contribution >= 0.6 is 0 Å². The first-order chi connectivity index (χ1) is 12.8. The molecule has 1 heterocycles. The molecule has 0 atom stereocenters. The fraction of sp³-hybridized carbons (Fsp3) is 0.100. The number of benzene rings is 2. The third kappa shape index (κ3) is 4.63. The zero-order valence-corrected chi connectivity index (χ0v) is 13.9. The van der Waals surface area contributed by atoms with Gasteiger partial charge in [0.15, 0.2) is 0 Å². The van der Waals surface area contributed by atoms with E-state index in [2.05, 4.69) is 4.98 Å². The zero-order chi connectivity index (χ0) is 19.4. The van der Waals surface area contributed by atoms with Crippen molar-refractivity contribution < 1.29 is 27.8 Å². The van der Waals surface area contributed by atoms with E-state index in [1.54, 1.807) is 0 Å². The summed E-state index contributed by atoms with van der Waals surface area (Å²) in [5.41, 5.74) is 0.122. The number of nitrogens with zero attached hydrogens (tertiary/aromatic N) is 1. The number of hydrogen-bond acceptors (Lipinski definition) is 3. The first-order valence-corrected chi connectivity index (χ1v) is 7.92. The number of carboxylic acids is 1. The van der Waals surface area contributed by atoms with Crippen molar-refractivity contribution in [3.63, 3.8) is 0 Å². The minimum atomic E-state index is -4.51. The molecule has 0 unspecified atom stereocenters. The van der Waals surface area contributed by atoms with Crippen LogP contribution in [-0.4, -0.2) is 16.1 Å².